The van der Waals surface area contributed by atoms with Crippen molar-refractivity contribution < 1.29 is 24.8 Å². The van der Waals surface area contributed by atoms with Crippen molar-refractivity contribution in [1.82, 2.24) is 15.0 Å². The lowest BCUT2D eigenvalue weighted by Crippen LogP contribution is -3.00. The molecule has 7 heteroatoms. The van der Waals surface area contributed by atoms with E-state index >= 15 is 0 Å². The highest BCUT2D eigenvalue weighted by Crippen LogP contribution is 2.25. The Morgan fingerprint density at radius 2 is 1.80 bits per heavy atom. The fourth-order valence-corrected chi connectivity index (χ4v) is 3.06. The first kappa shape index (κ1) is 19.1. The van der Waals surface area contributed by atoms with Crippen molar-refractivity contribution >= 4 is 28.1 Å². The highest BCUT2D eigenvalue weighted by atomic mass is 35.5. The number of rotatable bonds is 4. The van der Waals surface area contributed by atoms with Crippen LogP contribution in [0.25, 0.3) is 22.3 Å². The number of anilines is 1. The predicted octanol–water partition coefficient (Wildman–Crippen LogP) is -1.63. The van der Waals surface area contributed by atoms with Crippen molar-refractivity contribution in [2.24, 2.45) is 0 Å². The molecule has 128 valence electrons. The zero-order valence-corrected chi connectivity index (χ0v) is 15.4. The molecule has 0 radical (unpaired) electrons. The second kappa shape index (κ2) is 8.76. The molecule has 4 aromatic rings. The van der Waals surface area contributed by atoms with Crippen LogP contribution < -0.4 is 30.1 Å². The van der Waals surface area contributed by atoms with Gasteiger partial charge in [0, 0.05) is 28.2 Å². The maximum atomic E-state index is 4.71. The van der Waals surface area contributed by atoms with E-state index in [1.54, 1.807) is 23.7 Å². The van der Waals surface area contributed by atoms with Gasteiger partial charge in [0.2, 0.25) is 0 Å². The number of fused-ring (bicyclic) bond motifs is 1. The van der Waals surface area contributed by atoms with Crippen LogP contribution in [0.15, 0.2) is 66.3 Å². The molecule has 3 heterocycles. The van der Waals surface area contributed by atoms with Gasteiger partial charge in [-0.15, -0.1) is 11.3 Å². The molecule has 0 fully saturated rings. The van der Waals surface area contributed by atoms with Gasteiger partial charge in [-0.3, -0.25) is 4.98 Å². The summed E-state index contributed by atoms with van der Waals surface area (Å²) in [6.07, 6.45) is 3.54. The lowest BCUT2D eigenvalue weighted by atomic mass is 10.2. The number of hydrogen-bond acceptors (Lipinski definition) is 5. The molecule has 0 amide bonds. The summed E-state index contributed by atoms with van der Waals surface area (Å²) in [4.78, 5) is 14.8. The molecule has 0 aliphatic rings. The zero-order chi connectivity index (χ0) is 15.5. The highest BCUT2D eigenvalue weighted by Gasteiger charge is 2.09. The van der Waals surface area contributed by atoms with E-state index < -0.39 is 0 Å². The van der Waals surface area contributed by atoms with Crippen molar-refractivity contribution in [2.45, 2.75) is 6.54 Å². The average molecular weight is 389 g/mol. The van der Waals surface area contributed by atoms with Crippen LogP contribution >= 0.6 is 11.3 Å². The molecule has 4 rings (SSSR count). The topological polar surface area (TPSA) is 50.7 Å². The quantitative estimate of drug-likeness (QED) is 0.456. The number of nitrogens with one attached hydrogen (secondary N) is 1. The first-order valence-electron chi connectivity index (χ1n) is 7.33. The average Bonchev–Trinajstić information content (AvgIpc) is 3.14. The molecule has 4 nitrogen and oxygen atoms in total. The minimum Gasteiger partial charge on any atom is -1.00 e. The third kappa shape index (κ3) is 4.25. The molecule has 0 aliphatic carbocycles. The number of benzene rings is 1. The Labute approximate surface area is 162 Å². The Morgan fingerprint density at radius 1 is 0.920 bits per heavy atom. The number of pyridine rings is 1. The van der Waals surface area contributed by atoms with Crippen LogP contribution in [0, 0.1) is 0 Å². The van der Waals surface area contributed by atoms with Crippen molar-refractivity contribution in [3.05, 3.63) is 71.2 Å². The van der Waals surface area contributed by atoms with Gasteiger partial charge in [-0.2, -0.15) is 0 Å². The third-order valence-electron chi connectivity index (χ3n) is 3.53. The normalized spacial score (nSPS) is 9.92. The van der Waals surface area contributed by atoms with Crippen molar-refractivity contribution in [3.63, 3.8) is 0 Å². The summed E-state index contributed by atoms with van der Waals surface area (Å²) in [6.45, 7) is 0.755. The van der Waals surface area contributed by atoms with Gasteiger partial charge in [-0.1, -0.05) is 18.2 Å². The number of aromatic nitrogens is 3. The summed E-state index contributed by atoms with van der Waals surface area (Å²) < 4.78 is 0. The molecule has 0 bridgehead atoms. The number of halogens is 2. The van der Waals surface area contributed by atoms with Crippen molar-refractivity contribution in [1.29, 1.82) is 0 Å². The Bertz CT molecular complexity index is 930. The van der Waals surface area contributed by atoms with Crippen LogP contribution in [0.2, 0.25) is 0 Å². The van der Waals surface area contributed by atoms with E-state index in [0.29, 0.717) is 5.82 Å². The lowest BCUT2D eigenvalue weighted by Gasteiger charge is -2.10. The molecule has 0 spiro atoms. The Morgan fingerprint density at radius 3 is 2.56 bits per heavy atom. The van der Waals surface area contributed by atoms with Crippen LogP contribution in [0.5, 0.6) is 0 Å². The summed E-state index contributed by atoms with van der Waals surface area (Å²) in [5.74, 6) is 1.54. The first-order chi connectivity index (χ1) is 11.4. The maximum Gasteiger partial charge on any atom is 0.163 e. The molecule has 1 N–H and O–H groups in total. The SMILES string of the molecule is [Cl-].[Cl-].c1cncc(-c2nc(NCc3cccs3)c3ccccc3n2)c1. The lowest BCUT2D eigenvalue weighted by molar-refractivity contribution is -0.00100. The summed E-state index contributed by atoms with van der Waals surface area (Å²) in [5.41, 5.74) is 1.84. The number of nitrogens with zero attached hydrogens (tertiary/aromatic N) is 3. The molecule has 1 aromatic carbocycles. The molecule has 0 aliphatic heterocycles. The van der Waals surface area contributed by atoms with Gasteiger partial charge in [0.05, 0.1) is 12.1 Å². The fraction of sp³-hybridized carbons (Fsp3) is 0.0556. The van der Waals surface area contributed by atoms with Crippen LogP contribution in [0.1, 0.15) is 4.88 Å². The van der Waals surface area contributed by atoms with Gasteiger partial charge in [-0.25, -0.2) is 9.97 Å². The molecule has 0 atom stereocenters. The van der Waals surface area contributed by atoms with Gasteiger partial charge < -0.3 is 30.1 Å². The van der Waals surface area contributed by atoms with Gasteiger partial charge >= 0.3 is 0 Å². The van der Waals surface area contributed by atoms with E-state index in [9.17, 15) is 0 Å². The monoisotopic (exact) mass is 388 g/mol. The van der Waals surface area contributed by atoms with Gasteiger partial charge in [0.15, 0.2) is 5.82 Å². The second-order valence-electron chi connectivity index (χ2n) is 5.09. The van der Waals surface area contributed by atoms with E-state index in [1.807, 2.05) is 36.4 Å². The van der Waals surface area contributed by atoms with Gasteiger partial charge in [-0.05, 0) is 35.7 Å². The van der Waals surface area contributed by atoms with Crippen molar-refractivity contribution in [2.75, 3.05) is 5.32 Å². The highest BCUT2D eigenvalue weighted by molar-refractivity contribution is 7.09. The predicted molar refractivity (Wildman–Crippen MR) is 94.4 cm³/mol. The minimum absolute atomic E-state index is 0. The summed E-state index contributed by atoms with van der Waals surface area (Å²) in [5, 5.41) is 6.54. The number of thiophene rings is 1. The van der Waals surface area contributed by atoms with E-state index in [2.05, 4.69) is 32.8 Å². The molecule has 0 unspecified atom stereocenters. The van der Waals surface area contributed by atoms with E-state index in [4.69, 9.17) is 4.98 Å². The standard InChI is InChI=1S/C18H14N4S.2ClH/c1-2-8-16-15(7-1)18(20-12-14-6-4-10-23-14)22-17(21-16)13-5-3-9-19-11-13;;/h1-11H,12H2,(H,20,21,22);2*1H/p-2. The molecular formula is C18H14Cl2N4S-2. The Balaban J connectivity index is 0.00000113. The number of para-hydroxylation sites is 1. The smallest absolute Gasteiger partial charge is 0.163 e. The van der Waals surface area contributed by atoms with Crippen molar-refractivity contribution in [3.8, 4) is 11.4 Å². The van der Waals surface area contributed by atoms with Gasteiger partial charge in [0.25, 0.3) is 0 Å². The Kier molecular flexibility index (Phi) is 6.70. The van der Waals surface area contributed by atoms with Crippen LogP contribution in [-0.2, 0) is 6.54 Å². The molecule has 3 aromatic heterocycles. The number of hydrogen-bond donors (Lipinski definition) is 1. The van der Waals surface area contributed by atoms with E-state index in [-0.39, 0.29) is 24.8 Å². The largest absolute Gasteiger partial charge is 1.00 e. The zero-order valence-electron chi connectivity index (χ0n) is 13.1. The van der Waals surface area contributed by atoms with Gasteiger partial charge in [0.1, 0.15) is 5.82 Å². The third-order valence-corrected chi connectivity index (χ3v) is 4.41. The Hall–Kier alpha value is -2.21. The first-order valence-corrected chi connectivity index (χ1v) is 8.21. The van der Waals surface area contributed by atoms with Crippen LogP contribution in [-0.4, -0.2) is 15.0 Å². The van der Waals surface area contributed by atoms with E-state index in [1.165, 1.54) is 4.88 Å². The molecule has 0 saturated carbocycles. The second-order valence-corrected chi connectivity index (χ2v) is 6.12. The van der Waals surface area contributed by atoms with E-state index in [0.717, 1.165) is 28.8 Å². The van der Waals surface area contributed by atoms with Crippen LogP contribution in [0.3, 0.4) is 0 Å². The molecular weight excluding hydrogens is 375 g/mol. The fourth-order valence-electron chi connectivity index (χ4n) is 2.42. The minimum atomic E-state index is 0. The summed E-state index contributed by atoms with van der Waals surface area (Å²) >= 11 is 1.73. The maximum absolute atomic E-state index is 4.71. The summed E-state index contributed by atoms with van der Waals surface area (Å²) in [6, 6.07) is 16.1. The molecule has 25 heavy (non-hydrogen) atoms. The molecule has 0 saturated heterocycles. The summed E-state index contributed by atoms with van der Waals surface area (Å²) in [7, 11) is 0. The van der Waals surface area contributed by atoms with Crippen LogP contribution in [0.4, 0.5) is 5.82 Å².